The molecule has 1 saturated carbocycles. The van der Waals surface area contributed by atoms with E-state index in [2.05, 4.69) is 34.6 Å². The Morgan fingerprint density at radius 1 is 1.17 bits per heavy atom. The monoisotopic (exact) mass is 253 g/mol. The van der Waals surface area contributed by atoms with Gasteiger partial charge in [0.15, 0.2) is 0 Å². The molecule has 1 heterocycles. The molecule has 1 N–H and O–H groups in total. The van der Waals surface area contributed by atoms with Crippen LogP contribution in [0.25, 0.3) is 0 Å². The average molecular weight is 253 g/mol. The van der Waals surface area contributed by atoms with E-state index >= 15 is 0 Å². The summed E-state index contributed by atoms with van der Waals surface area (Å²) in [6.07, 6.45) is 7.49. The lowest BCUT2D eigenvalue weighted by Gasteiger charge is -2.60. The maximum absolute atomic E-state index is 10.7. The molecule has 2 fully saturated rings. The van der Waals surface area contributed by atoms with E-state index in [1.165, 1.54) is 25.7 Å². The highest BCUT2D eigenvalue weighted by Crippen LogP contribution is 2.52. The van der Waals surface area contributed by atoms with Crippen LogP contribution in [0.3, 0.4) is 0 Å². The van der Waals surface area contributed by atoms with Crippen molar-refractivity contribution in [2.45, 2.75) is 84.2 Å². The lowest BCUT2D eigenvalue weighted by molar-refractivity contribution is -0.286. The second-order valence-electron chi connectivity index (χ2n) is 7.22. The van der Waals surface area contributed by atoms with Crippen LogP contribution in [0.5, 0.6) is 0 Å². The lowest BCUT2D eigenvalue weighted by atomic mass is 9.58. The molecular formula is C16H31NO. The molecule has 0 aromatic rings. The third kappa shape index (κ3) is 1.92. The first-order valence-corrected chi connectivity index (χ1v) is 7.88. The Kier molecular flexibility index (Phi) is 3.81. The van der Waals surface area contributed by atoms with Gasteiger partial charge < -0.3 is 5.21 Å². The maximum Gasteiger partial charge on any atom is 0.0464 e. The number of hydrogen-bond acceptors (Lipinski definition) is 2. The van der Waals surface area contributed by atoms with Gasteiger partial charge in [-0.25, -0.2) is 0 Å². The Hall–Kier alpha value is -0.0800. The van der Waals surface area contributed by atoms with Gasteiger partial charge in [-0.1, -0.05) is 40.0 Å². The fourth-order valence-electron chi connectivity index (χ4n) is 4.25. The summed E-state index contributed by atoms with van der Waals surface area (Å²) >= 11 is 0. The lowest BCUT2D eigenvalue weighted by Crippen LogP contribution is -2.66. The van der Waals surface area contributed by atoms with E-state index < -0.39 is 0 Å². The van der Waals surface area contributed by atoms with Gasteiger partial charge in [-0.2, -0.15) is 5.06 Å². The smallest absolute Gasteiger partial charge is 0.0464 e. The third-order valence-electron chi connectivity index (χ3n) is 6.53. The molecule has 106 valence electrons. The molecule has 4 unspecified atom stereocenters. The van der Waals surface area contributed by atoms with Crippen molar-refractivity contribution in [2.24, 2.45) is 17.8 Å². The molecule has 2 rings (SSSR count). The van der Waals surface area contributed by atoms with Crippen molar-refractivity contribution in [1.82, 2.24) is 5.06 Å². The minimum absolute atomic E-state index is 0.0302. The van der Waals surface area contributed by atoms with Crippen molar-refractivity contribution < 1.29 is 5.21 Å². The van der Waals surface area contributed by atoms with Crippen molar-refractivity contribution in [3.05, 3.63) is 0 Å². The molecule has 2 heteroatoms. The fraction of sp³-hybridized carbons (Fsp3) is 1.00. The molecule has 4 atom stereocenters. The molecule has 0 spiro atoms. The van der Waals surface area contributed by atoms with Crippen LogP contribution in [0.2, 0.25) is 0 Å². The quantitative estimate of drug-likeness (QED) is 0.802. The van der Waals surface area contributed by atoms with Crippen LogP contribution in [-0.4, -0.2) is 21.3 Å². The summed E-state index contributed by atoms with van der Waals surface area (Å²) in [6, 6.07) is 0. The summed E-state index contributed by atoms with van der Waals surface area (Å²) in [4.78, 5) is 0. The topological polar surface area (TPSA) is 23.5 Å². The van der Waals surface area contributed by atoms with Gasteiger partial charge in [-0.3, -0.25) is 0 Å². The number of hydroxylamine groups is 2. The van der Waals surface area contributed by atoms with Crippen molar-refractivity contribution in [3.8, 4) is 0 Å². The Balaban J connectivity index is 2.29. The van der Waals surface area contributed by atoms with Gasteiger partial charge >= 0.3 is 0 Å². The van der Waals surface area contributed by atoms with Gasteiger partial charge in [-0.05, 0) is 50.9 Å². The normalized spacial score (nSPS) is 47.0. The van der Waals surface area contributed by atoms with Crippen LogP contribution in [0.1, 0.15) is 73.1 Å². The van der Waals surface area contributed by atoms with Crippen LogP contribution in [0.15, 0.2) is 0 Å². The second-order valence-corrected chi connectivity index (χ2v) is 7.22. The molecule has 0 aromatic heterocycles. The van der Waals surface area contributed by atoms with Gasteiger partial charge in [0.25, 0.3) is 0 Å². The zero-order valence-electron chi connectivity index (χ0n) is 12.9. The number of rotatable bonds is 3. The first kappa shape index (κ1) is 14.3. The summed E-state index contributed by atoms with van der Waals surface area (Å²) < 4.78 is 0. The van der Waals surface area contributed by atoms with Crippen molar-refractivity contribution in [3.63, 3.8) is 0 Å². The summed E-state index contributed by atoms with van der Waals surface area (Å²) in [5.74, 6) is 2.32. The SMILES string of the molecule is CCC1(C)CC(C2CCC2)C(C)C(C)(CC)N1O. The first-order chi connectivity index (χ1) is 8.39. The molecular weight excluding hydrogens is 222 g/mol. The molecule has 18 heavy (non-hydrogen) atoms. The highest BCUT2D eigenvalue weighted by molar-refractivity contribution is 5.05. The van der Waals surface area contributed by atoms with Crippen LogP contribution in [0.4, 0.5) is 0 Å². The zero-order valence-corrected chi connectivity index (χ0v) is 12.9. The van der Waals surface area contributed by atoms with Gasteiger partial charge in [0.05, 0.1) is 0 Å². The zero-order chi connectivity index (χ0) is 13.6. The van der Waals surface area contributed by atoms with Gasteiger partial charge in [0.2, 0.25) is 0 Å². The van der Waals surface area contributed by atoms with E-state index in [9.17, 15) is 5.21 Å². The highest BCUT2D eigenvalue weighted by Gasteiger charge is 2.54. The van der Waals surface area contributed by atoms with E-state index in [-0.39, 0.29) is 11.1 Å². The average Bonchev–Trinajstić information content (AvgIpc) is 2.31. The molecule has 1 aliphatic heterocycles. The highest BCUT2D eigenvalue weighted by atomic mass is 16.5. The van der Waals surface area contributed by atoms with Gasteiger partial charge in [0, 0.05) is 11.1 Å². The van der Waals surface area contributed by atoms with E-state index in [1.54, 1.807) is 5.06 Å². The van der Waals surface area contributed by atoms with E-state index in [0.717, 1.165) is 24.7 Å². The Morgan fingerprint density at radius 2 is 1.78 bits per heavy atom. The summed E-state index contributed by atoms with van der Waals surface area (Å²) in [7, 11) is 0. The Labute approximate surface area is 113 Å². The molecule has 2 aliphatic rings. The van der Waals surface area contributed by atoms with E-state index in [1.807, 2.05) is 0 Å². The van der Waals surface area contributed by atoms with Crippen LogP contribution in [0, 0.1) is 17.8 Å². The van der Waals surface area contributed by atoms with Crippen LogP contribution in [-0.2, 0) is 0 Å². The second kappa shape index (κ2) is 4.79. The predicted molar refractivity (Wildman–Crippen MR) is 75.6 cm³/mol. The standard InChI is InChI=1S/C16H31NO/c1-6-15(4)11-14(13-9-8-10-13)12(3)16(5,7-2)17(15)18/h12-14,18H,6-11H2,1-5H3. The number of nitrogens with zero attached hydrogens (tertiary/aromatic N) is 1. The third-order valence-corrected chi connectivity index (χ3v) is 6.53. The molecule has 0 radical (unpaired) electrons. The molecule has 0 bridgehead atoms. The number of hydrogen-bond donors (Lipinski definition) is 1. The van der Waals surface area contributed by atoms with Crippen molar-refractivity contribution in [1.29, 1.82) is 0 Å². The minimum atomic E-state index is -0.0523. The molecule has 1 saturated heterocycles. The minimum Gasteiger partial charge on any atom is -0.313 e. The molecule has 0 amide bonds. The summed E-state index contributed by atoms with van der Waals surface area (Å²) in [5, 5.41) is 12.5. The van der Waals surface area contributed by atoms with Gasteiger partial charge in [0.1, 0.15) is 0 Å². The Bertz CT molecular complexity index is 301. The fourth-order valence-corrected chi connectivity index (χ4v) is 4.25. The number of piperidine rings is 1. The first-order valence-electron chi connectivity index (χ1n) is 7.88. The van der Waals surface area contributed by atoms with E-state index in [4.69, 9.17) is 0 Å². The summed E-state index contributed by atoms with van der Waals surface area (Å²) in [5.41, 5.74) is -0.0825. The predicted octanol–water partition coefficient (Wildman–Crippen LogP) is 4.47. The van der Waals surface area contributed by atoms with Crippen molar-refractivity contribution in [2.75, 3.05) is 0 Å². The van der Waals surface area contributed by atoms with Crippen LogP contribution < -0.4 is 0 Å². The van der Waals surface area contributed by atoms with E-state index in [0.29, 0.717) is 5.92 Å². The van der Waals surface area contributed by atoms with Gasteiger partial charge in [-0.15, -0.1) is 0 Å². The molecule has 2 nitrogen and oxygen atoms in total. The van der Waals surface area contributed by atoms with Crippen molar-refractivity contribution >= 4 is 0 Å². The summed E-state index contributed by atoms with van der Waals surface area (Å²) in [6.45, 7) is 11.3. The maximum atomic E-state index is 10.7. The molecule has 1 aliphatic carbocycles. The molecule has 0 aromatic carbocycles. The van der Waals surface area contributed by atoms with Crippen LogP contribution >= 0.6 is 0 Å². The largest absolute Gasteiger partial charge is 0.313 e. The Morgan fingerprint density at radius 3 is 2.17 bits per heavy atom.